The second kappa shape index (κ2) is 13.3. The van der Waals surface area contributed by atoms with E-state index in [2.05, 4.69) is 15.6 Å². The molecule has 1 aromatic rings. The van der Waals surface area contributed by atoms with Gasteiger partial charge in [-0.1, -0.05) is 31.7 Å². The summed E-state index contributed by atoms with van der Waals surface area (Å²) in [4.78, 5) is 4.29. The van der Waals surface area contributed by atoms with E-state index in [1.165, 1.54) is 38.5 Å². The summed E-state index contributed by atoms with van der Waals surface area (Å²) < 4.78 is 16.7. The van der Waals surface area contributed by atoms with Crippen LogP contribution in [0.25, 0.3) is 0 Å². The summed E-state index contributed by atoms with van der Waals surface area (Å²) in [5, 5.41) is 6.70. The van der Waals surface area contributed by atoms with Crippen molar-refractivity contribution in [3.8, 4) is 11.5 Å². The smallest absolute Gasteiger partial charge is 0.191 e. The van der Waals surface area contributed by atoms with Crippen molar-refractivity contribution < 1.29 is 14.2 Å². The SMILES string of the molecule is CN=C(NCCCCOC1CCCCCC1)NCc1ccc(OC)c(OC)c1. The number of ether oxygens (including phenoxy) is 3. The zero-order valence-electron chi connectivity index (χ0n) is 17.8. The molecule has 0 aliphatic heterocycles. The van der Waals surface area contributed by atoms with Crippen LogP contribution in [0.3, 0.4) is 0 Å². The molecule has 1 saturated carbocycles. The maximum Gasteiger partial charge on any atom is 0.191 e. The van der Waals surface area contributed by atoms with E-state index in [1.807, 2.05) is 18.2 Å². The van der Waals surface area contributed by atoms with Gasteiger partial charge in [-0.15, -0.1) is 0 Å². The maximum absolute atomic E-state index is 6.05. The Hall–Kier alpha value is -1.95. The maximum atomic E-state index is 6.05. The van der Waals surface area contributed by atoms with Crippen LogP contribution in [-0.2, 0) is 11.3 Å². The van der Waals surface area contributed by atoms with Crippen LogP contribution in [0.2, 0.25) is 0 Å². The standard InChI is InChI=1S/C22H37N3O3/c1-23-22(25-17-18-12-13-20(26-2)21(16-18)27-3)24-14-8-9-15-28-19-10-6-4-5-7-11-19/h12-13,16,19H,4-11,14-15,17H2,1-3H3,(H2,23,24,25). The lowest BCUT2D eigenvalue weighted by Crippen LogP contribution is -2.37. The molecule has 2 N–H and O–H groups in total. The average molecular weight is 392 g/mol. The largest absolute Gasteiger partial charge is 0.493 e. The highest BCUT2D eigenvalue weighted by molar-refractivity contribution is 5.79. The van der Waals surface area contributed by atoms with Gasteiger partial charge in [0.2, 0.25) is 0 Å². The van der Waals surface area contributed by atoms with Gasteiger partial charge in [-0.25, -0.2) is 0 Å². The molecule has 6 nitrogen and oxygen atoms in total. The fourth-order valence-corrected chi connectivity index (χ4v) is 3.49. The molecule has 0 spiro atoms. The molecule has 0 heterocycles. The molecule has 0 aromatic heterocycles. The first-order chi connectivity index (χ1) is 13.8. The Morgan fingerprint density at radius 1 is 1.00 bits per heavy atom. The molecular formula is C22H37N3O3. The summed E-state index contributed by atoms with van der Waals surface area (Å²) in [6.45, 7) is 2.43. The number of guanidine groups is 1. The molecule has 6 heteroatoms. The highest BCUT2D eigenvalue weighted by Gasteiger charge is 2.12. The lowest BCUT2D eigenvalue weighted by Gasteiger charge is -2.16. The summed E-state index contributed by atoms with van der Waals surface area (Å²) >= 11 is 0. The molecule has 0 atom stereocenters. The van der Waals surface area contributed by atoms with Gasteiger partial charge in [0.15, 0.2) is 17.5 Å². The van der Waals surface area contributed by atoms with E-state index in [0.717, 1.165) is 49.0 Å². The lowest BCUT2D eigenvalue weighted by atomic mass is 10.1. The van der Waals surface area contributed by atoms with Crippen molar-refractivity contribution in [3.05, 3.63) is 23.8 Å². The summed E-state index contributed by atoms with van der Waals surface area (Å²) in [6, 6.07) is 5.91. The van der Waals surface area contributed by atoms with Gasteiger partial charge in [0, 0.05) is 26.7 Å². The predicted molar refractivity (Wildman–Crippen MR) is 114 cm³/mol. The number of benzene rings is 1. The van der Waals surface area contributed by atoms with Crippen molar-refractivity contribution in [1.29, 1.82) is 0 Å². The van der Waals surface area contributed by atoms with Crippen molar-refractivity contribution in [2.24, 2.45) is 4.99 Å². The van der Waals surface area contributed by atoms with Gasteiger partial charge in [-0.3, -0.25) is 4.99 Å². The van der Waals surface area contributed by atoms with Crippen molar-refractivity contribution >= 4 is 5.96 Å². The summed E-state index contributed by atoms with van der Waals surface area (Å²) in [5.74, 6) is 2.28. The molecular weight excluding hydrogens is 354 g/mol. The first-order valence-corrected chi connectivity index (χ1v) is 10.5. The van der Waals surface area contributed by atoms with Gasteiger partial charge >= 0.3 is 0 Å². The van der Waals surface area contributed by atoms with E-state index in [4.69, 9.17) is 14.2 Å². The van der Waals surface area contributed by atoms with Crippen molar-refractivity contribution in [3.63, 3.8) is 0 Å². The number of hydrogen-bond acceptors (Lipinski definition) is 4. The Labute approximate surface area is 170 Å². The monoisotopic (exact) mass is 391 g/mol. The van der Waals surface area contributed by atoms with Crippen LogP contribution in [0, 0.1) is 0 Å². The van der Waals surface area contributed by atoms with Crippen LogP contribution in [0.1, 0.15) is 56.9 Å². The number of nitrogens with zero attached hydrogens (tertiary/aromatic N) is 1. The minimum Gasteiger partial charge on any atom is -0.493 e. The third kappa shape index (κ3) is 7.97. The van der Waals surface area contributed by atoms with E-state index in [9.17, 15) is 0 Å². The molecule has 0 unspecified atom stereocenters. The highest BCUT2D eigenvalue weighted by atomic mass is 16.5. The van der Waals surface area contributed by atoms with Gasteiger partial charge in [0.25, 0.3) is 0 Å². The topological polar surface area (TPSA) is 64.1 Å². The molecule has 0 radical (unpaired) electrons. The first kappa shape index (κ1) is 22.3. The summed E-state index contributed by atoms with van der Waals surface area (Å²) in [7, 11) is 5.08. The first-order valence-electron chi connectivity index (χ1n) is 10.5. The zero-order chi connectivity index (χ0) is 20.0. The Balaban J connectivity index is 1.61. The molecule has 1 aliphatic carbocycles. The molecule has 28 heavy (non-hydrogen) atoms. The fraction of sp³-hybridized carbons (Fsp3) is 0.682. The number of unbranched alkanes of at least 4 members (excludes halogenated alkanes) is 1. The van der Waals surface area contributed by atoms with Gasteiger partial charge in [-0.2, -0.15) is 0 Å². The Morgan fingerprint density at radius 2 is 1.75 bits per heavy atom. The molecule has 0 saturated heterocycles. The zero-order valence-corrected chi connectivity index (χ0v) is 17.8. The fourth-order valence-electron chi connectivity index (χ4n) is 3.49. The second-order valence-electron chi connectivity index (χ2n) is 7.23. The number of aliphatic imine (C=N–C) groups is 1. The van der Waals surface area contributed by atoms with Crippen molar-refractivity contribution in [2.75, 3.05) is 34.4 Å². The van der Waals surface area contributed by atoms with Crippen LogP contribution in [0.4, 0.5) is 0 Å². The Kier molecular flexibility index (Phi) is 10.6. The molecule has 1 aliphatic rings. The van der Waals surface area contributed by atoms with E-state index in [-0.39, 0.29) is 0 Å². The Morgan fingerprint density at radius 3 is 2.43 bits per heavy atom. The molecule has 1 fully saturated rings. The van der Waals surface area contributed by atoms with Crippen molar-refractivity contribution in [1.82, 2.24) is 10.6 Å². The number of nitrogens with one attached hydrogen (secondary N) is 2. The van der Waals surface area contributed by atoms with Crippen LogP contribution in [0.5, 0.6) is 11.5 Å². The number of methoxy groups -OCH3 is 2. The summed E-state index contributed by atoms with van der Waals surface area (Å²) in [5.41, 5.74) is 1.11. The highest BCUT2D eigenvalue weighted by Crippen LogP contribution is 2.27. The molecule has 0 bridgehead atoms. The molecule has 1 aromatic carbocycles. The Bertz CT molecular complexity index is 584. The van der Waals surface area contributed by atoms with E-state index in [1.54, 1.807) is 21.3 Å². The number of hydrogen-bond donors (Lipinski definition) is 2. The van der Waals surface area contributed by atoms with Gasteiger partial charge in [0.1, 0.15) is 0 Å². The van der Waals surface area contributed by atoms with Gasteiger partial charge in [0.05, 0.1) is 20.3 Å². The van der Waals surface area contributed by atoms with E-state index < -0.39 is 0 Å². The second-order valence-corrected chi connectivity index (χ2v) is 7.23. The van der Waals surface area contributed by atoms with Gasteiger partial charge in [-0.05, 0) is 43.4 Å². The van der Waals surface area contributed by atoms with E-state index >= 15 is 0 Å². The molecule has 0 amide bonds. The van der Waals surface area contributed by atoms with Crippen LogP contribution >= 0.6 is 0 Å². The minimum absolute atomic E-state index is 0.492. The predicted octanol–water partition coefficient (Wildman–Crippen LogP) is 3.89. The van der Waals surface area contributed by atoms with Crippen molar-refractivity contribution in [2.45, 2.75) is 64.0 Å². The normalized spacial score (nSPS) is 15.8. The summed E-state index contributed by atoms with van der Waals surface area (Å²) in [6.07, 6.45) is 10.5. The van der Waals surface area contributed by atoms with E-state index in [0.29, 0.717) is 12.6 Å². The minimum atomic E-state index is 0.492. The van der Waals surface area contributed by atoms with Crippen LogP contribution < -0.4 is 20.1 Å². The van der Waals surface area contributed by atoms with Crippen LogP contribution in [-0.4, -0.2) is 46.5 Å². The lowest BCUT2D eigenvalue weighted by molar-refractivity contribution is 0.0411. The number of rotatable bonds is 10. The third-order valence-electron chi connectivity index (χ3n) is 5.15. The quantitative estimate of drug-likeness (QED) is 0.274. The molecule has 2 rings (SSSR count). The van der Waals surface area contributed by atoms with Gasteiger partial charge < -0.3 is 24.8 Å². The molecule has 158 valence electrons. The average Bonchev–Trinajstić information content (AvgIpc) is 3.01. The van der Waals surface area contributed by atoms with Crippen LogP contribution in [0.15, 0.2) is 23.2 Å². The third-order valence-corrected chi connectivity index (χ3v) is 5.15.